The van der Waals surface area contributed by atoms with Crippen molar-refractivity contribution in [1.29, 1.82) is 0 Å². The average Bonchev–Trinajstić information content (AvgIpc) is 2.46. The summed E-state index contributed by atoms with van der Waals surface area (Å²) in [7, 11) is 0.750. The summed E-state index contributed by atoms with van der Waals surface area (Å²) in [4.78, 5) is 10.1. The van der Waals surface area contributed by atoms with Gasteiger partial charge in [-0.05, 0) is 0 Å². The van der Waals surface area contributed by atoms with Crippen molar-refractivity contribution in [3.05, 3.63) is 28.5 Å². The van der Waals surface area contributed by atoms with Gasteiger partial charge < -0.3 is 35.3 Å². The first kappa shape index (κ1) is 34.1. The van der Waals surface area contributed by atoms with E-state index in [1.165, 1.54) is 16.7 Å². The first-order chi connectivity index (χ1) is 8.48. The zero-order valence-electron chi connectivity index (χ0n) is 15.3. The Labute approximate surface area is 171 Å². The fourth-order valence-corrected chi connectivity index (χ4v) is 1.16. The van der Waals surface area contributed by atoms with Crippen molar-refractivity contribution in [3.8, 4) is 0 Å². The van der Waals surface area contributed by atoms with Crippen molar-refractivity contribution in [2.24, 2.45) is 11.3 Å². The van der Waals surface area contributed by atoms with Crippen LogP contribution in [0, 0.1) is 17.4 Å². The van der Waals surface area contributed by atoms with E-state index in [-0.39, 0.29) is 50.7 Å². The summed E-state index contributed by atoms with van der Waals surface area (Å²) in [6.07, 6.45) is 3.36. The standard InChI is InChI=1S/C9H13.C5H11NO.C2H7Si.2ClH.Hf/c1-6-5-7(2)9(4)8(6)3;1-5(2,3)4(6)7;1-3-2;;;/h6H,1-4H3;1-3H3,(H2,6,7);3H,1-2H3;2*1H;/q-1;;;;;+4/p-3. The Balaban J connectivity index is -0.0000000679. The van der Waals surface area contributed by atoms with Crippen molar-refractivity contribution < 1.29 is 55.5 Å². The minimum atomic E-state index is -0.507. The van der Waals surface area contributed by atoms with E-state index in [2.05, 4.69) is 46.9 Å². The minimum Gasteiger partial charge on any atom is -1.00 e. The maximum atomic E-state index is 10.1. The predicted octanol–water partition coefficient (Wildman–Crippen LogP) is -1.14. The van der Waals surface area contributed by atoms with Gasteiger partial charge in [-0.15, -0.1) is 6.92 Å². The van der Waals surface area contributed by atoms with E-state index in [9.17, 15) is 4.79 Å². The summed E-state index contributed by atoms with van der Waals surface area (Å²) < 4.78 is 0. The normalized spacial score (nSPS) is 15.5. The molecule has 127 valence electrons. The van der Waals surface area contributed by atoms with E-state index < -0.39 is 11.3 Å². The molecule has 0 aromatic heterocycles. The Kier molecular flexibility index (Phi) is 25.5. The number of halogens is 2. The van der Waals surface area contributed by atoms with Crippen LogP contribution in [0.15, 0.2) is 16.7 Å². The molecule has 1 N–H and O–H groups in total. The van der Waals surface area contributed by atoms with Crippen molar-refractivity contribution in [2.75, 3.05) is 0 Å². The zero-order valence-corrected chi connectivity index (χ0v) is 21.6. The molecule has 0 fully saturated rings. The number of nitrogens with one attached hydrogen (secondary N) is 1. The van der Waals surface area contributed by atoms with Gasteiger partial charge in [0.25, 0.3) is 0 Å². The van der Waals surface area contributed by atoms with Gasteiger partial charge in [-0.25, -0.2) is 5.57 Å². The number of allylic oxidation sites excluding steroid dienone is 4. The van der Waals surface area contributed by atoms with Crippen LogP contribution in [0.2, 0.25) is 13.1 Å². The number of amides is 1. The number of hydrogen-bond donors (Lipinski definition) is 0. The molecule has 0 heterocycles. The van der Waals surface area contributed by atoms with Gasteiger partial charge in [0.2, 0.25) is 0 Å². The Morgan fingerprint density at radius 3 is 1.45 bits per heavy atom. The summed E-state index contributed by atoms with van der Waals surface area (Å²) >= 11 is 0. The predicted molar refractivity (Wildman–Crippen MR) is 87.6 cm³/mol. The van der Waals surface area contributed by atoms with E-state index in [0.29, 0.717) is 5.92 Å². The van der Waals surface area contributed by atoms with Gasteiger partial charge in [-0.2, -0.15) is 11.1 Å². The molecule has 1 aliphatic rings. The summed E-state index contributed by atoms with van der Waals surface area (Å²) in [5.41, 5.74) is 10.4. The molecule has 0 spiro atoms. The molecule has 0 aromatic rings. The number of rotatable bonds is 0. The van der Waals surface area contributed by atoms with Gasteiger partial charge >= 0.3 is 25.8 Å². The molecule has 22 heavy (non-hydrogen) atoms. The summed E-state index contributed by atoms with van der Waals surface area (Å²) in [6.45, 7) is 18.3. The zero-order chi connectivity index (χ0) is 15.8. The Bertz CT molecular complexity index is 364. The molecule has 1 radical (unpaired) electrons. The molecule has 2 nitrogen and oxygen atoms in total. The molecule has 6 heteroatoms. The third-order valence-electron chi connectivity index (χ3n) is 2.92. The van der Waals surface area contributed by atoms with E-state index in [1.807, 2.05) is 0 Å². The number of hydrogen-bond acceptors (Lipinski definition) is 1. The fraction of sp³-hybridized carbons (Fsp3) is 0.688. The smallest absolute Gasteiger partial charge is 1.00 e. The van der Waals surface area contributed by atoms with Crippen LogP contribution in [0.4, 0.5) is 0 Å². The molecule has 0 bridgehead atoms. The van der Waals surface area contributed by atoms with E-state index in [1.54, 1.807) is 20.8 Å². The second-order valence-corrected chi connectivity index (χ2v) is 7.11. The molecule has 1 aliphatic carbocycles. The maximum absolute atomic E-state index is 10.1. The summed E-state index contributed by atoms with van der Waals surface area (Å²) in [5, 5.41) is 0. The SMILES string of the molecule is CC(C)(C)C([NH-])=O.CC1=[C-]C(C)C(C)=C1C.C[SiH]C.[Cl-].[Cl-].[Hf+4]. The summed E-state index contributed by atoms with van der Waals surface area (Å²) in [5.74, 6) is 0.0532. The molecule has 1 rings (SSSR count). The molecule has 0 saturated carbocycles. The molecule has 0 aliphatic heterocycles. The van der Waals surface area contributed by atoms with E-state index in [4.69, 9.17) is 5.73 Å². The monoisotopic (exact) mass is 530 g/mol. The number of carbonyl (C=O) groups is 1. The molecule has 0 saturated heterocycles. The minimum absolute atomic E-state index is 0. The van der Waals surface area contributed by atoms with Crippen LogP contribution in [0.25, 0.3) is 5.73 Å². The third-order valence-corrected chi connectivity index (χ3v) is 2.92. The third kappa shape index (κ3) is 15.5. The summed E-state index contributed by atoms with van der Waals surface area (Å²) in [6, 6.07) is 0. The molecular weight excluding hydrogens is 500 g/mol. The van der Waals surface area contributed by atoms with Gasteiger partial charge in [0.1, 0.15) is 0 Å². The van der Waals surface area contributed by atoms with Crippen molar-refractivity contribution in [1.82, 2.24) is 0 Å². The topological polar surface area (TPSA) is 40.9 Å². The van der Waals surface area contributed by atoms with Gasteiger partial charge in [0.05, 0.1) is 5.91 Å². The Hall–Kier alpha value is 0.617. The van der Waals surface area contributed by atoms with E-state index >= 15 is 0 Å². The van der Waals surface area contributed by atoms with Crippen LogP contribution in [0.5, 0.6) is 0 Å². The quantitative estimate of drug-likeness (QED) is 0.289. The van der Waals surface area contributed by atoms with Gasteiger partial charge in [0, 0.05) is 14.9 Å². The maximum Gasteiger partial charge on any atom is 4.00 e. The molecule has 1 unspecified atom stereocenters. The average molecular weight is 530 g/mol. The number of carbonyl (C=O) groups excluding carboxylic acids is 1. The second kappa shape index (κ2) is 16.5. The van der Waals surface area contributed by atoms with Gasteiger partial charge in [-0.3, -0.25) is 6.08 Å². The molecule has 1 amide bonds. The van der Waals surface area contributed by atoms with Crippen molar-refractivity contribution in [3.63, 3.8) is 0 Å². The second-order valence-electron chi connectivity index (χ2n) is 5.96. The van der Waals surface area contributed by atoms with Crippen LogP contribution in [0.3, 0.4) is 0 Å². The van der Waals surface area contributed by atoms with Crippen LogP contribution < -0.4 is 24.8 Å². The Morgan fingerprint density at radius 1 is 1.14 bits per heavy atom. The van der Waals surface area contributed by atoms with Crippen molar-refractivity contribution >= 4 is 15.4 Å². The first-order valence-electron chi connectivity index (χ1n) is 6.76. The Morgan fingerprint density at radius 2 is 1.41 bits per heavy atom. The first-order valence-corrected chi connectivity index (χ1v) is 9.07. The van der Waals surface area contributed by atoms with Gasteiger partial charge in [0.15, 0.2) is 0 Å². The van der Waals surface area contributed by atoms with Crippen LogP contribution in [-0.4, -0.2) is 15.4 Å². The fourth-order valence-electron chi connectivity index (χ4n) is 1.16. The molecule has 1 atom stereocenters. The largest absolute Gasteiger partial charge is 4.00 e. The van der Waals surface area contributed by atoms with Crippen LogP contribution in [-0.2, 0) is 30.6 Å². The molecular formula is C16H30Cl2HfNOSi. The van der Waals surface area contributed by atoms with Crippen molar-refractivity contribution in [2.45, 2.75) is 61.6 Å². The molecule has 0 aromatic carbocycles. The van der Waals surface area contributed by atoms with Gasteiger partial charge in [-0.1, -0.05) is 60.6 Å². The van der Waals surface area contributed by atoms with Crippen LogP contribution >= 0.6 is 0 Å². The van der Waals surface area contributed by atoms with E-state index in [0.717, 1.165) is 9.52 Å². The van der Waals surface area contributed by atoms with Crippen LogP contribution in [0.1, 0.15) is 48.5 Å².